The molecule has 0 N–H and O–H groups in total. The highest BCUT2D eigenvalue weighted by Crippen LogP contribution is 2.24. The van der Waals surface area contributed by atoms with Crippen molar-refractivity contribution in [2.75, 3.05) is 40.4 Å². The monoisotopic (exact) mass is 306 g/mol. The van der Waals surface area contributed by atoms with Gasteiger partial charge >= 0.3 is 0 Å². The highest BCUT2D eigenvalue weighted by atomic mass is 16.5. The predicted octanol–water partition coefficient (Wildman–Crippen LogP) is 2.26. The van der Waals surface area contributed by atoms with E-state index in [-0.39, 0.29) is 11.4 Å². The highest BCUT2D eigenvalue weighted by Gasteiger charge is 2.28. The molecule has 1 aliphatic rings. The summed E-state index contributed by atoms with van der Waals surface area (Å²) in [6, 6.07) is 5.30. The number of amides is 1. The molecule has 2 rings (SSSR count). The maximum absolute atomic E-state index is 12.7. The first-order valence-electron chi connectivity index (χ1n) is 7.62. The Labute approximate surface area is 132 Å². The van der Waals surface area contributed by atoms with Gasteiger partial charge in [0, 0.05) is 43.3 Å². The second-order valence-corrected chi connectivity index (χ2v) is 6.55. The molecule has 1 heterocycles. The molecular weight excluding hydrogens is 280 g/mol. The molecule has 1 aromatic rings. The number of piperazine rings is 1. The summed E-state index contributed by atoms with van der Waals surface area (Å²) in [6.07, 6.45) is 0. The summed E-state index contributed by atoms with van der Waals surface area (Å²) in [7, 11) is 3.18. The number of benzene rings is 1. The summed E-state index contributed by atoms with van der Waals surface area (Å²) < 4.78 is 10.5. The van der Waals surface area contributed by atoms with E-state index in [4.69, 9.17) is 9.47 Å². The molecule has 1 aromatic carbocycles. The van der Waals surface area contributed by atoms with E-state index in [1.807, 2.05) is 4.90 Å². The average Bonchev–Trinajstić information content (AvgIpc) is 2.52. The Bertz CT molecular complexity index is 507. The van der Waals surface area contributed by atoms with Crippen LogP contribution in [-0.4, -0.2) is 61.6 Å². The minimum absolute atomic E-state index is 0.0331. The van der Waals surface area contributed by atoms with E-state index in [1.54, 1.807) is 32.4 Å². The zero-order chi connectivity index (χ0) is 16.3. The Morgan fingerprint density at radius 2 is 1.45 bits per heavy atom. The van der Waals surface area contributed by atoms with Crippen LogP contribution in [0.15, 0.2) is 18.2 Å². The molecule has 0 atom stereocenters. The third-order valence-corrected chi connectivity index (χ3v) is 4.11. The molecule has 0 unspecified atom stereocenters. The quantitative estimate of drug-likeness (QED) is 0.859. The highest BCUT2D eigenvalue weighted by molar-refractivity contribution is 5.95. The van der Waals surface area contributed by atoms with Gasteiger partial charge in [-0.05, 0) is 32.9 Å². The summed E-state index contributed by atoms with van der Waals surface area (Å²) in [5.41, 5.74) is 0.759. The van der Waals surface area contributed by atoms with Gasteiger partial charge < -0.3 is 14.4 Å². The van der Waals surface area contributed by atoms with Crippen molar-refractivity contribution in [1.29, 1.82) is 0 Å². The van der Waals surface area contributed by atoms with Crippen LogP contribution in [0.3, 0.4) is 0 Å². The van der Waals surface area contributed by atoms with Crippen LogP contribution in [0.25, 0.3) is 0 Å². The second kappa shape index (κ2) is 6.57. The maximum Gasteiger partial charge on any atom is 0.254 e. The van der Waals surface area contributed by atoms with Gasteiger partial charge in [0.15, 0.2) is 0 Å². The Balaban J connectivity index is 2.10. The lowest BCUT2D eigenvalue weighted by Gasteiger charge is -2.42. The van der Waals surface area contributed by atoms with Crippen molar-refractivity contribution in [3.05, 3.63) is 23.8 Å². The van der Waals surface area contributed by atoms with E-state index in [9.17, 15) is 4.79 Å². The molecule has 5 nitrogen and oxygen atoms in total. The van der Waals surface area contributed by atoms with Crippen LogP contribution < -0.4 is 9.47 Å². The van der Waals surface area contributed by atoms with Crippen LogP contribution in [0, 0.1) is 0 Å². The van der Waals surface area contributed by atoms with Gasteiger partial charge in [0.1, 0.15) is 11.5 Å². The number of hydrogen-bond acceptors (Lipinski definition) is 4. The number of ether oxygens (including phenoxy) is 2. The third-order valence-electron chi connectivity index (χ3n) is 4.11. The van der Waals surface area contributed by atoms with Crippen molar-refractivity contribution in [2.24, 2.45) is 0 Å². The molecule has 0 aliphatic carbocycles. The summed E-state index contributed by atoms with van der Waals surface area (Å²) in [6.45, 7) is 9.91. The normalized spacial score (nSPS) is 16.5. The van der Waals surface area contributed by atoms with Crippen molar-refractivity contribution in [3.8, 4) is 11.5 Å². The number of rotatable bonds is 3. The van der Waals surface area contributed by atoms with Crippen LogP contribution in [0.2, 0.25) is 0 Å². The largest absolute Gasteiger partial charge is 0.497 e. The zero-order valence-corrected chi connectivity index (χ0v) is 14.2. The van der Waals surface area contributed by atoms with Crippen LogP contribution in [0.1, 0.15) is 31.1 Å². The standard InChI is InChI=1S/C17H26N2O3/c1-17(2,3)19-8-6-18(7-9-19)16(20)13-10-14(21-4)12-15(11-13)22-5/h10-12H,6-9H2,1-5H3. The van der Waals surface area contributed by atoms with E-state index in [0.29, 0.717) is 17.1 Å². The number of hydrogen-bond donors (Lipinski definition) is 0. The average molecular weight is 306 g/mol. The minimum atomic E-state index is 0.0331. The number of carbonyl (C=O) groups excluding carboxylic acids is 1. The molecule has 0 aromatic heterocycles. The fraction of sp³-hybridized carbons (Fsp3) is 0.588. The molecule has 0 bridgehead atoms. The van der Waals surface area contributed by atoms with E-state index < -0.39 is 0 Å². The minimum Gasteiger partial charge on any atom is -0.497 e. The zero-order valence-electron chi connectivity index (χ0n) is 14.2. The van der Waals surface area contributed by atoms with Crippen molar-refractivity contribution in [2.45, 2.75) is 26.3 Å². The van der Waals surface area contributed by atoms with Crippen LogP contribution in [-0.2, 0) is 0 Å². The van der Waals surface area contributed by atoms with Crippen LogP contribution in [0.5, 0.6) is 11.5 Å². The molecule has 1 aliphatic heterocycles. The lowest BCUT2D eigenvalue weighted by Crippen LogP contribution is -2.54. The first-order chi connectivity index (χ1) is 10.3. The summed E-state index contributed by atoms with van der Waals surface area (Å²) in [5, 5.41) is 0. The third kappa shape index (κ3) is 3.71. The van der Waals surface area contributed by atoms with E-state index in [0.717, 1.165) is 26.2 Å². The predicted molar refractivity (Wildman–Crippen MR) is 86.8 cm³/mol. The molecule has 1 amide bonds. The first kappa shape index (κ1) is 16.6. The molecule has 0 radical (unpaired) electrons. The first-order valence-corrected chi connectivity index (χ1v) is 7.62. The topological polar surface area (TPSA) is 42.0 Å². The van der Waals surface area contributed by atoms with Crippen molar-refractivity contribution >= 4 is 5.91 Å². The van der Waals surface area contributed by atoms with Gasteiger partial charge in [-0.1, -0.05) is 0 Å². The molecule has 1 saturated heterocycles. The molecule has 0 spiro atoms. The molecule has 22 heavy (non-hydrogen) atoms. The van der Waals surface area contributed by atoms with Gasteiger partial charge in [-0.15, -0.1) is 0 Å². The Morgan fingerprint density at radius 3 is 1.86 bits per heavy atom. The maximum atomic E-state index is 12.7. The molecule has 1 fully saturated rings. The van der Waals surface area contributed by atoms with Crippen LogP contribution >= 0.6 is 0 Å². The van der Waals surface area contributed by atoms with Gasteiger partial charge in [-0.25, -0.2) is 0 Å². The van der Waals surface area contributed by atoms with Crippen LogP contribution in [0.4, 0.5) is 0 Å². The Kier molecular flexibility index (Phi) is 4.96. The summed E-state index contributed by atoms with van der Waals surface area (Å²) >= 11 is 0. The number of carbonyl (C=O) groups is 1. The van der Waals surface area contributed by atoms with Gasteiger partial charge in [-0.2, -0.15) is 0 Å². The van der Waals surface area contributed by atoms with Crippen molar-refractivity contribution in [3.63, 3.8) is 0 Å². The van der Waals surface area contributed by atoms with Crippen molar-refractivity contribution in [1.82, 2.24) is 9.80 Å². The Morgan fingerprint density at radius 1 is 0.955 bits per heavy atom. The Hall–Kier alpha value is -1.75. The number of nitrogens with zero attached hydrogens (tertiary/aromatic N) is 2. The van der Waals surface area contributed by atoms with Crippen molar-refractivity contribution < 1.29 is 14.3 Å². The molecule has 0 saturated carbocycles. The lowest BCUT2D eigenvalue weighted by atomic mass is 10.0. The summed E-state index contributed by atoms with van der Waals surface area (Å²) in [5.74, 6) is 1.30. The summed E-state index contributed by atoms with van der Waals surface area (Å²) in [4.78, 5) is 17.0. The van der Waals surface area contributed by atoms with E-state index in [2.05, 4.69) is 25.7 Å². The molecular formula is C17H26N2O3. The lowest BCUT2D eigenvalue weighted by molar-refractivity contribution is 0.0450. The number of methoxy groups -OCH3 is 2. The fourth-order valence-electron chi connectivity index (χ4n) is 2.69. The van der Waals surface area contributed by atoms with Gasteiger partial charge in [0.25, 0.3) is 5.91 Å². The smallest absolute Gasteiger partial charge is 0.254 e. The molecule has 5 heteroatoms. The van der Waals surface area contributed by atoms with E-state index >= 15 is 0 Å². The van der Waals surface area contributed by atoms with Gasteiger partial charge in [0.2, 0.25) is 0 Å². The van der Waals surface area contributed by atoms with E-state index in [1.165, 1.54) is 0 Å². The van der Waals surface area contributed by atoms with Gasteiger partial charge in [0.05, 0.1) is 14.2 Å². The molecule has 122 valence electrons. The second-order valence-electron chi connectivity index (χ2n) is 6.55. The fourth-order valence-corrected chi connectivity index (χ4v) is 2.69. The SMILES string of the molecule is COc1cc(OC)cc(C(=O)N2CCN(C(C)(C)C)CC2)c1. The van der Waals surface area contributed by atoms with Gasteiger partial charge in [-0.3, -0.25) is 9.69 Å².